The number of nitrogens with one attached hydrogen (secondary N) is 1. The van der Waals surface area contributed by atoms with Gasteiger partial charge in [-0.3, -0.25) is 0 Å². The SMILES string of the molecule is CCSS(=O)(=O)NC. The molecule has 0 aliphatic rings. The minimum atomic E-state index is -3.00. The minimum absolute atomic E-state index is 0.586. The number of rotatable bonds is 3. The van der Waals surface area contributed by atoms with Gasteiger partial charge in [-0.2, -0.15) is 0 Å². The highest BCUT2D eigenvalue weighted by molar-refractivity contribution is 8.71. The Morgan fingerprint density at radius 1 is 1.62 bits per heavy atom. The summed E-state index contributed by atoms with van der Waals surface area (Å²) in [7, 11) is -0.707. The average molecular weight is 155 g/mol. The van der Waals surface area contributed by atoms with Crippen LogP contribution in [0.2, 0.25) is 0 Å². The van der Waals surface area contributed by atoms with Crippen molar-refractivity contribution in [2.24, 2.45) is 0 Å². The fraction of sp³-hybridized carbons (Fsp3) is 1.00. The van der Waals surface area contributed by atoms with Crippen LogP contribution in [-0.2, 0) is 9.06 Å². The summed E-state index contributed by atoms with van der Waals surface area (Å²) >= 11 is 0. The van der Waals surface area contributed by atoms with Crippen molar-refractivity contribution >= 4 is 19.8 Å². The molecule has 0 unspecified atom stereocenters. The van der Waals surface area contributed by atoms with Gasteiger partial charge in [0.25, 0.3) is 9.06 Å². The third-order valence-corrected chi connectivity index (χ3v) is 3.71. The molecule has 0 aliphatic carbocycles. The van der Waals surface area contributed by atoms with Crippen LogP contribution in [0.4, 0.5) is 0 Å². The molecule has 1 N–H and O–H groups in total. The first-order valence-corrected chi connectivity index (χ1v) is 5.19. The van der Waals surface area contributed by atoms with Gasteiger partial charge < -0.3 is 0 Å². The number of hydrogen-bond acceptors (Lipinski definition) is 3. The van der Waals surface area contributed by atoms with Crippen LogP contribution in [-0.4, -0.2) is 21.2 Å². The lowest BCUT2D eigenvalue weighted by molar-refractivity contribution is 0.603. The van der Waals surface area contributed by atoms with Crippen molar-refractivity contribution in [2.45, 2.75) is 6.92 Å². The van der Waals surface area contributed by atoms with Gasteiger partial charge in [0.1, 0.15) is 0 Å². The molecule has 5 heteroatoms. The van der Waals surface area contributed by atoms with E-state index in [0.717, 1.165) is 10.8 Å². The molecule has 0 saturated heterocycles. The van der Waals surface area contributed by atoms with E-state index in [1.54, 1.807) is 6.92 Å². The Hall–Kier alpha value is 0.260. The minimum Gasteiger partial charge on any atom is -0.209 e. The van der Waals surface area contributed by atoms with E-state index >= 15 is 0 Å². The monoisotopic (exact) mass is 155 g/mol. The predicted octanol–water partition coefficient (Wildman–Crippen LogP) is 0.204. The predicted molar refractivity (Wildman–Crippen MR) is 36.1 cm³/mol. The van der Waals surface area contributed by atoms with E-state index in [-0.39, 0.29) is 0 Å². The smallest absolute Gasteiger partial charge is 0.209 e. The maximum atomic E-state index is 10.5. The van der Waals surface area contributed by atoms with Crippen molar-refractivity contribution < 1.29 is 8.42 Å². The van der Waals surface area contributed by atoms with Crippen LogP contribution < -0.4 is 4.72 Å². The quantitative estimate of drug-likeness (QED) is 0.592. The molecule has 0 amide bonds. The molecule has 0 radical (unpaired) electrons. The molecule has 0 aromatic heterocycles. The van der Waals surface area contributed by atoms with Gasteiger partial charge in [0.2, 0.25) is 0 Å². The van der Waals surface area contributed by atoms with Gasteiger partial charge in [0.15, 0.2) is 0 Å². The van der Waals surface area contributed by atoms with E-state index in [2.05, 4.69) is 4.72 Å². The highest BCUT2D eigenvalue weighted by atomic mass is 33.1. The summed E-state index contributed by atoms with van der Waals surface area (Å²) < 4.78 is 23.1. The lowest BCUT2D eigenvalue weighted by Crippen LogP contribution is -2.13. The Labute approximate surface area is 53.3 Å². The van der Waals surface area contributed by atoms with Gasteiger partial charge in [-0.15, -0.1) is 0 Å². The fourth-order valence-corrected chi connectivity index (χ4v) is 1.93. The Morgan fingerprint density at radius 2 is 2.12 bits per heavy atom. The summed E-state index contributed by atoms with van der Waals surface area (Å²) in [6.07, 6.45) is 0. The van der Waals surface area contributed by atoms with Crippen LogP contribution in [0, 0.1) is 0 Å². The normalized spacial score (nSPS) is 11.8. The topological polar surface area (TPSA) is 46.2 Å². The van der Waals surface area contributed by atoms with E-state index in [4.69, 9.17) is 0 Å². The third-order valence-electron chi connectivity index (χ3n) is 0.523. The zero-order chi connectivity index (χ0) is 6.62. The lowest BCUT2D eigenvalue weighted by Gasteiger charge is -1.94. The van der Waals surface area contributed by atoms with E-state index in [9.17, 15) is 8.42 Å². The maximum absolute atomic E-state index is 10.5. The molecule has 0 saturated carbocycles. The standard InChI is InChI=1S/C3H9NO2S2/c1-3-7-8(5,6)4-2/h4H,3H2,1-2H3. The molecule has 0 fully saturated rings. The molecule has 0 aromatic carbocycles. The third kappa shape index (κ3) is 3.29. The highest BCUT2D eigenvalue weighted by Crippen LogP contribution is 2.06. The number of hydrogen-bond donors (Lipinski definition) is 1. The molecule has 3 nitrogen and oxygen atoms in total. The molecule has 0 heterocycles. The average Bonchev–Trinajstić information content (AvgIpc) is 1.67. The van der Waals surface area contributed by atoms with Crippen LogP contribution in [0.1, 0.15) is 6.92 Å². The fourth-order valence-electron chi connectivity index (χ4n) is 0.214. The van der Waals surface area contributed by atoms with Crippen molar-refractivity contribution in [1.29, 1.82) is 0 Å². The zero-order valence-electron chi connectivity index (χ0n) is 4.84. The van der Waals surface area contributed by atoms with Gasteiger partial charge in [-0.25, -0.2) is 13.1 Å². The Kier molecular flexibility index (Phi) is 3.43. The first-order chi connectivity index (χ1) is 3.62. The van der Waals surface area contributed by atoms with Gasteiger partial charge in [-0.05, 0) is 17.8 Å². The van der Waals surface area contributed by atoms with E-state index in [0.29, 0.717) is 5.75 Å². The molecule has 0 aliphatic heterocycles. The molecule has 0 rings (SSSR count). The van der Waals surface area contributed by atoms with Crippen LogP contribution >= 0.6 is 10.8 Å². The Morgan fingerprint density at radius 3 is 2.25 bits per heavy atom. The molecule has 0 spiro atoms. The second kappa shape index (κ2) is 3.32. The highest BCUT2D eigenvalue weighted by Gasteiger charge is 2.02. The summed E-state index contributed by atoms with van der Waals surface area (Å²) in [5.41, 5.74) is 0. The summed E-state index contributed by atoms with van der Waals surface area (Å²) in [5, 5.41) is 0. The second-order valence-electron chi connectivity index (χ2n) is 1.06. The molecular weight excluding hydrogens is 146 g/mol. The lowest BCUT2D eigenvalue weighted by atomic mass is 11.0. The van der Waals surface area contributed by atoms with Crippen molar-refractivity contribution in [2.75, 3.05) is 12.8 Å². The summed E-state index contributed by atoms with van der Waals surface area (Å²) in [6, 6.07) is 0. The second-order valence-corrected chi connectivity index (χ2v) is 5.22. The Balaban J connectivity index is 3.76. The van der Waals surface area contributed by atoms with Crippen molar-refractivity contribution in [3.05, 3.63) is 0 Å². The van der Waals surface area contributed by atoms with Gasteiger partial charge >= 0.3 is 0 Å². The molecule has 0 bridgehead atoms. The maximum Gasteiger partial charge on any atom is 0.264 e. The first-order valence-electron chi connectivity index (χ1n) is 2.20. The first kappa shape index (κ1) is 8.26. The summed E-state index contributed by atoms with van der Waals surface area (Å²) in [6.45, 7) is 1.79. The van der Waals surface area contributed by atoms with E-state index in [1.807, 2.05) is 0 Å². The largest absolute Gasteiger partial charge is 0.264 e. The van der Waals surface area contributed by atoms with Gasteiger partial charge in [-0.1, -0.05) is 6.92 Å². The van der Waals surface area contributed by atoms with Gasteiger partial charge in [0.05, 0.1) is 0 Å². The molecule has 0 aromatic rings. The van der Waals surface area contributed by atoms with Crippen LogP contribution in [0.3, 0.4) is 0 Å². The van der Waals surface area contributed by atoms with Crippen molar-refractivity contribution in [3.63, 3.8) is 0 Å². The molecule has 50 valence electrons. The summed E-state index contributed by atoms with van der Waals surface area (Å²) in [5.74, 6) is 0.586. The van der Waals surface area contributed by atoms with Crippen LogP contribution in [0.5, 0.6) is 0 Å². The van der Waals surface area contributed by atoms with E-state index < -0.39 is 9.06 Å². The van der Waals surface area contributed by atoms with Crippen LogP contribution in [0.25, 0.3) is 0 Å². The van der Waals surface area contributed by atoms with Crippen molar-refractivity contribution in [3.8, 4) is 0 Å². The van der Waals surface area contributed by atoms with E-state index in [1.165, 1.54) is 7.05 Å². The molecule has 0 atom stereocenters. The molecule has 8 heavy (non-hydrogen) atoms. The van der Waals surface area contributed by atoms with Crippen LogP contribution in [0.15, 0.2) is 0 Å². The van der Waals surface area contributed by atoms with Crippen molar-refractivity contribution in [1.82, 2.24) is 4.72 Å². The molecular formula is C3H9NO2S2. The van der Waals surface area contributed by atoms with Gasteiger partial charge in [0, 0.05) is 5.75 Å². The zero-order valence-corrected chi connectivity index (χ0v) is 6.47. The Bertz CT molecular complexity index is 139. The summed E-state index contributed by atoms with van der Waals surface area (Å²) in [4.78, 5) is 0.